The lowest BCUT2D eigenvalue weighted by Crippen LogP contribution is -2.47. The van der Waals surface area contributed by atoms with Crippen LogP contribution in [-0.2, 0) is 4.79 Å². The zero-order valence-electron chi connectivity index (χ0n) is 14.8. The van der Waals surface area contributed by atoms with Crippen molar-refractivity contribution in [2.75, 3.05) is 31.9 Å². The molecule has 0 aliphatic carbocycles. The fourth-order valence-corrected chi connectivity index (χ4v) is 3.79. The quantitative estimate of drug-likeness (QED) is 0.819. The number of anilines is 1. The second-order valence-electron chi connectivity index (χ2n) is 7.22. The number of carbonyl (C=O) groups is 2. The minimum absolute atomic E-state index is 0. The van der Waals surface area contributed by atoms with Gasteiger partial charge in [0.25, 0.3) is 5.91 Å². The minimum Gasteiger partial charge on any atom is -0.399 e. The number of piperidine rings is 2. The molecule has 3 rings (SSSR count). The van der Waals surface area contributed by atoms with Crippen LogP contribution in [0.2, 0.25) is 0 Å². The molecule has 2 saturated heterocycles. The zero-order valence-corrected chi connectivity index (χ0v) is 15.6. The maximum absolute atomic E-state index is 12.7. The van der Waals surface area contributed by atoms with Gasteiger partial charge in [-0.2, -0.15) is 0 Å². The van der Waals surface area contributed by atoms with E-state index >= 15 is 0 Å². The molecular weight excluding hydrogens is 338 g/mol. The Kier molecular flexibility index (Phi) is 6.71. The topological polar surface area (TPSA) is 66.6 Å². The first-order valence-corrected chi connectivity index (χ1v) is 8.98. The monoisotopic (exact) mass is 365 g/mol. The Bertz CT molecular complexity index is 597. The molecule has 2 heterocycles. The molecule has 0 radical (unpaired) electrons. The number of likely N-dealkylation sites (tertiary alicyclic amines) is 2. The van der Waals surface area contributed by atoms with Gasteiger partial charge in [0, 0.05) is 43.3 Å². The van der Waals surface area contributed by atoms with Crippen LogP contribution in [0, 0.1) is 11.8 Å². The molecule has 138 valence electrons. The molecule has 0 bridgehead atoms. The molecule has 0 aromatic heterocycles. The third-order valence-electron chi connectivity index (χ3n) is 5.26. The fourth-order valence-electron chi connectivity index (χ4n) is 3.79. The SMILES string of the molecule is CC1CCCN(C(=O)C2CCN(C(=O)c3ccc(N)cc3)CC2)C1.Cl. The Labute approximate surface area is 155 Å². The molecular formula is C19H28ClN3O2. The van der Waals surface area contributed by atoms with Crippen LogP contribution in [0.1, 0.15) is 43.0 Å². The standard InChI is InChI=1S/C19H27N3O2.ClH/c1-14-3-2-10-22(13-14)19(24)16-8-11-21(12-9-16)18(23)15-4-6-17(20)7-5-15;/h4-7,14,16H,2-3,8-13,20H2,1H3;1H. The van der Waals surface area contributed by atoms with Gasteiger partial charge in [-0.25, -0.2) is 0 Å². The molecule has 1 aromatic carbocycles. The molecule has 1 aromatic rings. The van der Waals surface area contributed by atoms with Crippen LogP contribution in [-0.4, -0.2) is 47.8 Å². The van der Waals surface area contributed by atoms with Crippen molar-refractivity contribution in [2.24, 2.45) is 11.8 Å². The number of nitrogens with two attached hydrogens (primary N) is 1. The average molecular weight is 366 g/mol. The molecule has 2 fully saturated rings. The summed E-state index contributed by atoms with van der Waals surface area (Å²) in [4.78, 5) is 29.1. The second-order valence-corrected chi connectivity index (χ2v) is 7.22. The smallest absolute Gasteiger partial charge is 0.253 e. The van der Waals surface area contributed by atoms with E-state index in [1.165, 1.54) is 6.42 Å². The third-order valence-corrected chi connectivity index (χ3v) is 5.26. The summed E-state index contributed by atoms with van der Waals surface area (Å²) in [6.07, 6.45) is 3.87. The van der Waals surface area contributed by atoms with Crippen LogP contribution in [0.5, 0.6) is 0 Å². The number of nitrogens with zero attached hydrogens (tertiary/aromatic N) is 2. The maximum Gasteiger partial charge on any atom is 0.253 e. The highest BCUT2D eigenvalue weighted by molar-refractivity contribution is 5.94. The van der Waals surface area contributed by atoms with Crippen molar-refractivity contribution < 1.29 is 9.59 Å². The largest absolute Gasteiger partial charge is 0.399 e. The molecule has 2 N–H and O–H groups in total. The third kappa shape index (κ3) is 4.66. The van der Waals surface area contributed by atoms with Crippen molar-refractivity contribution >= 4 is 29.9 Å². The summed E-state index contributed by atoms with van der Waals surface area (Å²) in [7, 11) is 0. The molecule has 6 heteroatoms. The molecule has 0 saturated carbocycles. The van der Waals surface area contributed by atoms with E-state index in [1.807, 2.05) is 9.80 Å². The van der Waals surface area contributed by atoms with E-state index in [0.717, 1.165) is 32.4 Å². The summed E-state index contributed by atoms with van der Waals surface area (Å²) < 4.78 is 0. The normalized spacial score (nSPS) is 21.6. The Hall–Kier alpha value is -1.75. The zero-order chi connectivity index (χ0) is 17.1. The second kappa shape index (κ2) is 8.56. The highest BCUT2D eigenvalue weighted by Gasteiger charge is 2.31. The maximum atomic E-state index is 12.7. The number of carbonyl (C=O) groups excluding carboxylic acids is 2. The lowest BCUT2D eigenvalue weighted by atomic mass is 9.92. The van der Waals surface area contributed by atoms with Crippen LogP contribution < -0.4 is 5.73 Å². The van der Waals surface area contributed by atoms with E-state index in [0.29, 0.717) is 36.2 Å². The molecule has 2 amide bonds. The van der Waals surface area contributed by atoms with Crippen LogP contribution in [0.3, 0.4) is 0 Å². The predicted octanol–water partition coefficient (Wildman–Crippen LogP) is 2.80. The molecule has 0 spiro atoms. The first kappa shape index (κ1) is 19.6. The van der Waals surface area contributed by atoms with Crippen molar-refractivity contribution in [1.82, 2.24) is 9.80 Å². The number of hydrogen-bond donors (Lipinski definition) is 1. The van der Waals surface area contributed by atoms with Crippen molar-refractivity contribution in [2.45, 2.75) is 32.6 Å². The Morgan fingerprint density at radius 1 is 1.00 bits per heavy atom. The Morgan fingerprint density at radius 2 is 1.64 bits per heavy atom. The molecule has 25 heavy (non-hydrogen) atoms. The van der Waals surface area contributed by atoms with E-state index in [9.17, 15) is 9.59 Å². The number of hydrogen-bond acceptors (Lipinski definition) is 3. The summed E-state index contributed by atoms with van der Waals surface area (Å²) in [6.45, 7) is 5.32. The Balaban J connectivity index is 0.00000225. The van der Waals surface area contributed by atoms with Gasteiger partial charge in [-0.15, -0.1) is 12.4 Å². The van der Waals surface area contributed by atoms with Gasteiger partial charge in [-0.1, -0.05) is 6.92 Å². The lowest BCUT2D eigenvalue weighted by molar-refractivity contribution is -0.138. The van der Waals surface area contributed by atoms with Crippen LogP contribution in [0.15, 0.2) is 24.3 Å². The van der Waals surface area contributed by atoms with E-state index in [1.54, 1.807) is 24.3 Å². The summed E-state index contributed by atoms with van der Waals surface area (Å²) in [5.74, 6) is 1.01. The fraction of sp³-hybridized carbons (Fsp3) is 0.579. The van der Waals surface area contributed by atoms with Gasteiger partial charge in [0.2, 0.25) is 5.91 Å². The molecule has 5 nitrogen and oxygen atoms in total. The van der Waals surface area contributed by atoms with E-state index < -0.39 is 0 Å². The summed E-state index contributed by atoms with van der Waals surface area (Å²) in [6, 6.07) is 7.04. The van der Waals surface area contributed by atoms with E-state index in [4.69, 9.17) is 5.73 Å². The first-order valence-electron chi connectivity index (χ1n) is 8.98. The molecule has 2 aliphatic rings. The molecule has 1 unspecified atom stereocenters. The van der Waals surface area contributed by atoms with Crippen LogP contribution in [0.25, 0.3) is 0 Å². The summed E-state index contributed by atoms with van der Waals surface area (Å²) in [5.41, 5.74) is 6.99. The van der Waals surface area contributed by atoms with Gasteiger partial charge in [-0.05, 0) is 55.9 Å². The average Bonchev–Trinajstić information content (AvgIpc) is 2.61. The van der Waals surface area contributed by atoms with Crippen LogP contribution >= 0.6 is 12.4 Å². The summed E-state index contributed by atoms with van der Waals surface area (Å²) >= 11 is 0. The van der Waals surface area contributed by atoms with Gasteiger partial charge >= 0.3 is 0 Å². The lowest BCUT2D eigenvalue weighted by Gasteiger charge is -2.37. The number of nitrogen functional groups attached to an aromatic ring is 1. The van der Waals surface area contributed by atoms with E-state index in [-0.39, 0.29) is 24.2 Å². The highest BCUT2D eigenvalue weighted by Crippen LogP contribution is 2.24. The first-order chi connectivity index (χ1) is 11.5. The van der Waals surface area contributed by atoms with E-state index in [2.05, 4.69) is 6.92 Å². The molecule has 1 atom stereocenters. The number of benzene rings is 1. The molecule has 2 aliphatic heterocycles. The predicted molar refractivity (Wildman–Crippen MR) is 102 cm³/mol. The van der Waals surface area contributed by atoms with Crippen LogP contribution in [0.4, 0.5) is 5.69 Å². The van der Waals surface area contributed by atoms with Gasteiger partial charge in [0.05, 0.1) is 0 Å². The van der Waals surface area contributed by atoms with Gasteiger partial charge in [0.1, 0.15) is 0 Å². The number of rotatable bonds is 2. The van der Waals surface area contributed by atoms with Crippen molar-refractivity contribution in [3.8, 4) is 0 Å². The Morgan fingerprint density at radius 3 is 2.24 bits per heavy atom. The van der Waals surface area contributed by atoms with Gasteiger partial charge in [-0.3, -0.25) is 9.59 Å². The number of amides is 2. The van der Waals surface area contributed by atoms with Gasteiger partial charge in [0.15, 0.2) is 0 Å². The summed E-state index contributed by atoms with van der Waals surface area (Å²) in [5, 5.41) is 0. The van der Waals surface area contributed by atoms with Crippen molar-refractivity contribution in [1.29, 1.82) is 0 Å². The van der Waals surface area contributed by atoms with Crippen molar-refractivity contribution in [3.63, 3.8) is 0 Å². The van der Waals surface area contributed by atoms with Gasteiger partial charge < -0.3 is 15.5 Å². The number of halogens is 1. The highest BCUT2D eigenvalue weighted by atomic mass is 35.5. The minimum atomic E-state index is 0. The van der Waals surface area contributed by atoms with Crippen molar-refractivity contribution in [3.05, 3.63) is 29.8 Å².